The first-order valence-corrected chi connectivity index (χ1v) is 14.5. The van der Waals surface area contributed by atoms with Crippen molar-refractivity contribution in [2.75, 3.05) is 9.44 Å². The van der Waals surface area contributed by atoms with E-state index in [0.29, 0.717) is 4.47 Å². The summed E-state index contributed by atoms with van der Waals surface area (Å²) in [7, 11) is -8.44. The van der Waals surface area contributed by atoms with Crippen LogP contribution in [-0.4, -0.2) is 37.9 Å². The van der Waals surface area contributed by atoms with Gasteiger partial charge in [0.2, 0.25) is 5.95 Å². The van der Waals surface area contributed by atoms with Gasteiger partial charge in [-0.1, -0.05) is 0 Å². The number of nitrogens with one attached hydrogen (secondary N) is 2. The molecule has 0 saturated heterocycles. The van der Waals surface area contributed by atoms with E-state index in [1.165, 1.54) is 42.7 Å². The molecule has 3 rings (SSSR count). The van der Waals surface area contributed by atoms with Crippen LogP contribution in [0.2, 0.25) is 0 Å². The molecule has 1 heterocycles. The highest BCUT2D eigenvalue weighted by molar-refractivity contribution is 9.15. The Kier molecular flexibility index (Phi) is 7.85. The van der Waals surface area contributed by atoms with Crippen molar-refractivity contribution >= 4 is 101 Å². The largest absolute Gasteiger partial charge is 0.478 e. The Balaban J connectivity index is 1.96. The average Bonchev–Trinajstić information content (AvgIpc) is 2.74. The van der Waals surface area contributed by atoms with Crippen molar-refractivity contribution in [3.63, 3.8) is 0 Å². The molecule has 0 atom stereocenters. The third-order valence-corrected chi connectivity index (χ3v) is 11.7. The number of benzene rings is 2. The lowest BCUT2D eigenvalue weighted by molar-refractivity contribution is 0.0691. The normalized spacial score (nSPS) is 11.8. The number of hydrogen-bond donors (Lipinski definition) is 3. The zero-order valence-corrected chi connectivity index (χ0v) is 23.7. The average molecular weight is 750 g/mol. The van der Waals surface area contributed by atoms with Crippen molar-refractivity contribution in [2.45, 2.75) is 9.79 Å². The van der Waals surface area contributed by atoms with Gasteiger partial charge in [-0.15, -0.1) is 0 Å². The van der Waals surface area contributed by atoms with E-state index in [-0.39, 0.29) is 29.9 Å². The topological polar surface area (TPSA) is 155 Å². The standard InChI is InChI=1S/C17H10Br4N4O6S2/c18-11-10(16(26)27)15(14(21)13(20)12(11)19)33(30,31)24-8-2-4-9(5-3-8)32(28,29)25-17-22-6-1-7-23-17/h1-7,24H,(H,26,27)(H,22,23,25). The summed E-state index contributed by atoms with van der Waals surface area (Å²) in [6.07, 6.45) is 2.73. The van der Waals surface area contributed by atoms with Crippen molar-refractivity contribution < 1.29 is 26.7 Å². The Morgan fingerprint density at radius 1 is 0.788 bits per heavy atom. The van der Waals surface area contributed by atoms with Gasteiger partial charge in [0.05, 0.1) is 14.9 Å². The van der Waals surface area contributed by atoms with Crippen molar-refractivity contribution in [1.82, 2.24) is 9.97 Å². The second-order valence-electron chi connectivity index (χ2n) is 6.07. The van der Waals surface area contributed by atoms with Crippen LogP contribution in [0.1, 0.15) is 10.4 Å². The molecule has 0 aliphatic carbocycles. The van der Waals surface area contributed by atoms with Crippen LogP contribution in [0.4, 0.5) is 11.6 Å². The molecular formula is C17H10Br4N4O6S2. The van der Waals surface area contributed by atoms with Gasteiger partial charge in [-0.25, -0.2) is 36.3 Å². The molecule has 0 unspecified atom stereocenters. The molecule has 3 N–H and O–H groups in total. The highest BCUT2D eigenvalue weighted by Crippen LogP contribution is 2.44. The number of sulfonamides is 2. The SMILES string of the molecule is O=C(O)c1c(Br)c(Br)c(Br)c(Br)c1S(=O)(=O)Nc1ccc(S(=O)(=O)Nc2ncccn2)cc1. The molecule has 3 aromatic rings. The van der Waals surface area contributed by atoms with Gasteiger partial charge in [0.25, 0.3) is 20.0 Å². The van der Waals surface area contributed by atoms with Gasteiger partial charge >= 0.3 is 5.97 Å². The molecule has 0 spiro atoms. The monoisotopic (exact) mass is 746 g/mol. The molecule has 16 heteroatoms. The minimum absolute atomic E-state index is 0.00307. The van der Waals surface area contributed by atoms with Gasteiger partial charge in [0.15, 0.2) is 0 Å². The van der Waals surface area contributed by atoms with Crippen LogP contribution in [0.15, 0.2) is 70.4 Å². The number of carbonyl (C=O) groups is 1. The summed E-state index contributed by atoms with van der Waals surface area (Å²) in [5, 5.41) is 9.60. The van der Waals surface area contributed by atoms with E-state index in [0.717, 1.165) is 0 Å². The molecule has 1 aromatic heterocycles. The van der Waals surface area contributed by atoms with Crippen molar-refractivity contribution in [1.29, 1.82) is 0 Å². The fourth-order valence-electron chi connectivity index (χ4n) is 2.49. The van der Waals surface area contributed by atoms with Crippen LogP contribution in [0.3, 0.4) is 0 Å². The third-order valence-electron chi connectivity index (χ3n) is 3.91. The Morgan fingerprint density at radius 3 is 1.88 bits per heavy atom. The molecule has 10 nitrogen and oxygen atoms in total. The molecule has 0 fully saturated rings. The van der Waals surface area contributed by atoms with Crippen LogP contribution >= 0.6 is 63.7 Å². The second-order valence-corrected chi connectivity index (χ2v) is 12.5. The summed E-state index contributed by atoms with van der Waals surface area (Å²) in [6.45, 7) is 0. The molecule has 0 radical (unpaired) electrons. The van der Waals surface area contributed by atoms with Gasteiger partial charge in [-0.3, -0.25) is 4.72 Å². The molecule has 0 saturated carbocycles. The zero-order valence-electron chi connectivity index (χ0n) is 15.8. The Labute approximate surface area is 221 Å². The van der Waals surface area contributed by atoms with Gasteiger partial charge in [0.1, 0.15) is 4.90 Å². The summed E-state index contributed by atoms with van der Waals surface area (Å²) in [4.78, 5) is 18.7. The van der Waals surface area contributed by atoms with Crippen LogP contribution < -0.4 is 9.44 Å². The lowest BCUT2D eigenvalue weighted by Crippen LogP contribution is -2.19. The predicted molar refractivity (Wildman–Crippen MR) is 134 cm³/mol. The molecule has 174 valence electrons. The summed E-state index contributed by atoms with van der Waals surface area (Å²) in [5.41, 5.74) is -0.501. The maximum absolute atomic E-state index is 13.1. The van der Waals surface area contributed by atoms with Crippen molar-refractivity contribution in [3.05, 3.63) is 66.2 Å². The Morgan fingerprint density at radius 2 is 1.33 bits per heavy atom. The number of aromatic nitrogens is 2. The summed E-state index contributed by atoms with van der Waals surface area (Å²) in [6, 6.07) is 6.30. The second kappa shape index (κ2) is 9.95. The van der Waals surface area contributed by atoms with Crippen LogP contribution in [0, 0.1) is 0 Å². The van der Waals surface area contributed by atoms with Crippen LogP contribution in [0.5, 0.6) is 0 Å². The molecule has 2 aromatic carbocycles. The highest BCUT2D eigenvalue weighted by Gasteiger charge is 2.32. The molecule has 0 amide bonds. The fourth-order valence-corrected chi connectivity index (χ4v) is 7.99. The van der Waals surface area contributed by atoms with Gasteiger partial charge in [-0.05, 0) is 94.1 Å². The molecular weight excluding hydrogens is 740 g/mol. The molecule has 0 aliphatic rings. The van der Waals surface area contributed by atoms with Crippen LogP contribution in [0.25, 0.3) is 0 Å². The van der Waals surface area contributed by atoms with Gasteiger partial charge in [0, 0.05) is 31.5 Å². The van der Waals surface area contributed by atoms with E-state index in [2.05, 4.69) is 83.1 Å². The number of halogens is 4. The third kappa shape index (κ3) is 5.57. The number of carboxylic acids is 1. The van der Waals surface area contributed by atoms with Crippen LogP contribution in [-0.2, 0) is 20.0 Å². The first kappa shape index (κ1) is 26.0. The smallest absolute Gasteiger partial charge is 0.338 e. The molecule has 33 heavy (non-hydrogen) atoms. The number of rotatable bonds is 7. The molecule has 0 bridgehead atoms. The number of aromatic carboxylic acids is 1. The van der Waals surface area contributed by atoms with E-state index >= 15 is 0 Å². The molecule has 0 aliphatic heterocycles. The lowest BCUT2D eigenvalue weighted by atomic mass is 10.2. The predicted octanol–water partition coefficient (Wildman–Crippen LogP) is 4.83. The van der Waals surface area contributed by atoms with Crippen molar-refractivity contribution in [2.24, 2.45) is 0 Å². The van der Waals surface area contributed by atoms with Gasteiger partial charge in [-0.2, -0.15) is 0 Å². The summed E-state index contributed by atoms with van der Waals surface area (Å²) in [5.74, 6) is -1.61. The minimum Gasteiger partial charge on any atom is -0.478 e. The van der Waals surface area contributed by atoms with E-state index in [9.17, 15) is 26.7 Å². The summed E-state index contributed by atoms with van der Waals surface area (Å²) >= 11 is 12.6. The van der Waals surface area contributed by atoms with Crippen molar-refractivity contribution in [3.8, 4) is 0 Å². The van der Waals surface area contributed by atoms with E-state index in [1.807, 2.05) is 0 Å². The maximum Gasteiger partial charge on any atom is 0.338 e. The highest BCUT2D eigenvalue weighted by atomic mass is 79.9. The Bertz CT molecular complexity index is 1450. The number of anilines is 2. The van der Waals surface area contributed by atoms with E-state index < -0.39 is 36.5 Å². The fraction of sp³-hybridized carbons (Fsp3) is 0. The number of hydrogen-bond acceptors (Lipinski definition) is 7. The zero-order chi connectivity index (χ0) is 24.6. The quantitative estimate of drug-likeness (QED) is 0.229. The Hall–Kier alpha value is -1.59. The first-order chi connectivity index (χ1) is 15.3. The van der Waals surface area contributed by atoms with E-state index in [4.69, 9.17) is 0 Å². The summed E-state index contributed by atoms with van der Waals surface area (Å²) < 4.78 is 56.1. The first-order valence-electron chi connectivity index (χ1n) is 8.37. The minimum atomic E-state index is -4.42. The number of nitrogens with zero attached hydrogens (tertiary/aromatic N) is 2. The van der Waals surface area contributed by atoms with Gasteiger partial charge < -0.3 is 5.11 Å². The number of carboxylic acid groups (broad SMARTS) is 1. The van der Waals surface area contributed by atoms with E-state index in [1.54, 1.807) is 0 Å². The lowest BCUT2D eigenvalue weighted by Gasteiger charge is -2.16. The maximum atomic E-state index is 13.1.